The molecule has 0 aromatic heterocycles. The minimum atomic E-state index is -0.0434. The van der Waals surface area contributed by atoms with Gasteiger partial charge in [0.05, 0.1) is 13.2 Å². The summed E-state index contributed by atoms with van der Waals surface area (Å²) in [5.41, 5.74) is 6.42. The summed E-state index contributed by atoms with van der Waals surface area (Å²) in [7, 11) is 1.64. The van der Waals surface area contributed by atoms with Crippen LogP contribution in [0.2, 0.25) is 0 Å². The third-order valence-electron chi connectivity index (χ3n) is 3.09. The first-order valence-corrected chi connectivity index (χ1v) is 6.81. The lowest BCUT2D eigenvalue weighted by Gasteiger charge is -2.17. The van der Waals surface area contributed by atoms with Gasteiger partial charge in [-0.25, -0.2) is 0 Å². The molecule has 0 saturated carbocycles. The molecule has 3 N–H and O–H groups in total. The van der Waals surface area contributed by atoms with Gasteiger partial charge in [-0.2, -0.15) is 0 Å². The number of carbonyl (C=O) groups is 1. The molecule has 0 saturated heterocycles. The number of rotatable bonds is 8. The summed E-state index contributed by atoms with van der Waals surface area (Å²) in [6.45, 7) is 2.66. The first-order valence-electron chi connectivity index (χ1n) is 6.81. The van der Waals surface area contributed by atoms with E-state index in [2.05, 4.69) is 5.32 Å². The fourth-order valence-corrected chi connectivity index (χ4v) is 2.02. The molecule has 0 aliphatic rings. The minimum absolute atomic E-state index is 0.0434. The number of benzene rings is 1. The fourth-order valence-electron chi connectivity index (χ4n) is 2.02. The van der Waals surface area contributed by atoms with Crippen LogP contribution < -0.4 is 15.8 Å². The van der Waals surface area contributed by atoms with Crippen LogP contribution in [0.3, 0.4) is 0 Å². The number of amides is 1. The Morgan fingerprint density at radius 3 is 2.74 bits per heavy atom. The van der Waals surface area contributed by atoms with E-state index in [1.54, 1.807) is 7.11 Å². The van der Waals surface area contributed by atoms with E-state index in [0.717, 1.165) is 30.6 Å². The molecule has 0 heterocycles. The van der Waals surface area contributed by atoms with Gasteiger partial charge in [0.2, 0.25) is 5.91 Å². The Hall–Kier alpha value is -1.55. The molecule has 0 aliphatic heterocycles. The average molecular weight is 264 g/mol. The summed E-state index contributed by atoms with van der Waals surface area (Å²) in [6, 6.07) is 7.70. The summed E-state index contributed by atoms with van der Waals surface area (Å²) in [5.74, 6) is 0.883. The zero-order valence-electron chi connectivity index (χ0n) is 11.8. The molecule has 0 aliphatic carbocycles. The highest BCUT2D eigenvalue weighted by Crippen LogP contribution is 2.24. The van der Waals surface area contributed by atoms with Crippen LogP contribution in [0.4, 0.5) is 0 Å². The Labute approximate surface area is 115 Å². The van der Waals surface area contributed by atoms with Crippen LogP contribution in [0.5, 0.6) is 5.75 Å². The van der Waals surface area contributed by atoms with Gasteiger partial charge in [0, 0.05) is 12.0 Å². The van der Waals surface area contributed by atoms with Gasteiger partial charge < -0.3 is 15.8 Å². The molecule has 1 aromatic rings. The highest BCUT2D eigenvalue weighted by molar-refractivity contribution is 5.76. The first kappa shape index (κ1) is 15.5. The minimum Gasteiger partial charge on any atom is -0.496 e. The highest BCUT2D eigenvalue weighted by Gasteiger charge is 2.12. The number of nitrogens with two attached hydrogens (primary N) is 1. The van der Waals surface area contributed by atoms with E-state index < -0.39 is 0 Å². The molecule has 19 heavy (non-hydrogen) atoms. The van der Waals surface area contributed by atoms with E-state index in [0.29, 0.717) is 13.0 Å². The smallest absolute Gasteiger partial charge is 0.220 e. The molecule has 0 bridgehead atoms. The van der Waals surface area contributed by atoms with Crippen molar-refractivity contribution in [2.24, 2.45) is 5.73 Å². The number of nitrogens with one attached hydrogen (secondary N) is 1. The Balaban J connectivity index is 2.45. The van der Waals surface area contributed by atoms with E-state index in [9.17, 15) is 4.79 Å². The molecule has 0 radical (unpaired) electrons. The van der Waals surface area contributed by atoms with Crippen molar-refractivity contribution in [3.63, 3.8) is 0 Å². The van der Waals surface area contributed by atoms with Crippen LogP contribution in [-0.4, -0.2) is 19.6 Å². The molecular formula is C15H24N2O2. The van der Waals surface area contributed by atoms with Crippen LogP contribution in [0.1, 0.15) is 44.2 Å². The average Bonchev–Trinajstić information content (AvgIpc) is 2.43. The second kappa shape index (κ2) is 8.53. The predicted octanol–water partition coefficient (Wildman–Crippen LogP) is 2.39. The largest absolute Gasteiger partial charge is 0.496 e. The second-order valence-electron chi connectivity index (χ2n) is 4.63. The molecule has 1 atom stereocenters. The Kier molecular flexibility index (Phi) is 6.97. The maximum absolute atomic E-state index is 11.8. The number of para-hydroxylation sites is 1. The van der Waals surface area contributed by atoms with E-state index in [4.69, 9.17) is 10.5 Å². The van der Waals surface area contributed by atoms with Gasteiger partial charge in [0.25, 0.3) is 0 Å². The van der Waals surface area contributed by atoms with E-state index >= 15 is 0 Å². The van der Waals surface area contributed by atoms with E-state index in [1.165, 1.54) is 0 Å². The third kappa shape index (κ3) is 5.30. The second-order valence-corrected chi connectivity index (χ2v) is 4.63. The molecule has 4 heteroatoms. The number of hydrogen-bond donors (Lipinski definition) is 2. The lowest BCUT2D eigenvalue weighted by molar-refractivity contribution is -0.121. The fraction of sp³-hybridized carbons (Fsp3) is 0.533. The number of hydrogen-bond acceptors (Lipinski definition) is 3. The number of ether oxygens (including phenoxy) is 1. The standard InChI is InChI=1S/C15H24N2O2/c1-12(13-8-5-6-9-14(13)19-2)17-15(18)10-4-3-7-11-16/h5-6,8-9,12H,3-4,7,10-11,16H2,1-2H3,(H,17,18)/t12-/m0/s1. The van der Waals surface area contributed by atoms with Crippen LogP contribution in [0.25, 0.3) is 0 Å². The van der Waals surface area contributed by atoms with Gasteiger partial charge in [0.15, 0.2) is 0 Å². The monoisotopic (exact) mass is 264 g/mol. The van der Waals surface area contributed by atoms with E-state index in [-0.39, 0.29) is 11.9 Å². The lowest BCUT2D eigenvalue weighted by atomic mass is 10.1. The summed E-state index contributed by atoms with van der Waals surface area (Å²) in [6.07, 6.45) is 3.43. The first-order chi connectivity index (χ1) is 9.19. The van der Waals surface area contributed by atoms with Crippen LogP contribution in [0, 0.1) is 0 Å². The van der Waals surface area contributed by atoms with Crippen LogP contribution in [-0.2, 0) is 4.79 Å². The normalized spacial score (nSPS) is 11.9. The van der Waals surface area contributed by atoms with Gasteiger partial charge in [0.1, 0.15) is 5.75 Å². The van der Waals surface area contributed by atoms with Crippen molar-refractivity contribution in [2.75, 3.05) is 13.7 Å². The van der Waals surface area contributed by atoms with Gasteiger partial charge in [-0.3, -0.25) is 4.79 Å². The SMILES string of the molecule is COc1ccccc1[C@H](C)NC(=O)CCCCCN. The summed E-state index contributed by atoms with van der Waals surface area (Å²) < 4.78 is 5.30. The Morgan fingerprint density at radius 1 is 1.32 bits per heavy atom. The molecule has 0 spiro atoms. The predicted molar refractivity (Wildman–Crippen MR) is 77.1 cm³/mol. The summed E-state index contributed by atoms with van der Waals surface area (Å²) in [4.78, 5) is 11.8. The van der Waals surface area contributed by atoms with Gasteiger partial charge >= 0.3 is 0 Å². The van der Waals surface area contributed by atoms with Crippen molar-refractivity contribution in [3.05, 3.63) is 29.8 Å². The van der Waals surface area contributed by atoms with Crippen LogP contribution in [0.15, 0.2) is 24.3 Å². The zero-order chi connectivity index (χ0) is 14.1. The molecular weight excluding hydrogens is 240 g/mol. The van der Waals surface area contributed by atoms with E-state index in [1.807, 2.05) is 31.2 Å². The van der Waals surface area contributed by atoms with Crippen molar-refractivity contribution < 1.29 is 9.53 Å². The summed E-state index contributed by atoms with van der Waals surface area (Å²) in [5, 5.41) is 3.00. The third-order valence-corrected chi connectivity index (χ3v) is 3.09. The number of unbranched alkanes of at least 4 members (excludes halogenated alkanes) is 2. The number of methoxy groups -OCH3 is 1. The number of carbonyl (C=O) groups excluding carboxylic acids is 1. The summed E-state index contributed by atoms with van der Waals surface area (Å²) >= 11 is 0. The van der Waals surface area contributed by atoms with Gasteiger partial charge in [-0.15, -0.1) is 0 Å². The van der Waals surface area contributed by atoms with Crippen molar-refractivity contribution in [3.8, 4) is 5.75 Å². The molecule has 1 amide bonds. The van der Waals surface area contributed by atoms with Crippen molar-refractivity contribution in [1.82, 2.24) is 5.32 Å². The van der Waals surface area contributed by atoms with Crippen LogP contribution >= 0.6 is 0 Å². The molecule has 1 aromatic carbocycles. The highest BCUT2D eigenvalue weighted by atomic mass is 16.5. The van der Waals surface area contributed by atoms with Crippen molar-refractivity contribution >= 4 is 5.91 Å². The Bertz CT molecular complexity index is 393. The van der Waals surface area contributed by atoms with Gasteiger partial charge in [-0.05, 0) is 32.4 Å². The van der Waals surface area contributed by atoms with Crippen molar-refractivity contribution in [2.45, 2.75) is 38.6 Å². The molecule has 0 unspecified atom stereocenters. The van der Waals surface area contributed by atoms with Crippen molar-refractivity contribution in [1.29, 1.82) is 0 Å². The maximum Gasteiger partial charge on any atom is 0.220 e. The Morgan fingerprint density at radius 2 is 2.05 bits per heavy atom. The quantitative estimate of drug-likeness (QED) is 0.709. The molecule has 4 nitrogen and oxygen atoms in total. The molecule has 0 fully saturated rings. The lowest BCUT2D eigenvalue weighted by Crippen LogP contribution is -2.26. The van der Waals surface area contributed by atoms with Gasteiger partial charge in [-0.1, -0.05) is 24.6 Å². The topological polar surface area (TPSA) is 64.3 Å². The molecule has 1 rings (SSSR count). The maximum atomic E-state index is 11.8. The zero-order valence-corrected chi connectivity index (χ0v) is 11.8. The molecule has 106 valence electrons.